The number of carbonyl (C=O) groups excluding carboxylic acids is 2. The molecule has 5 nitrogen and oxygen atoms in total. The Morgan fingerprint density at radius 3 is 2.28 bits per heavy atom. The average Bonchev–Trinajstić information content (AvgIpc) is 2.97. The van der Waals surface area contributed by atoms with E-state index in [2.05, 4.69) is 26.3 Å². The number of hydrogen-bond donors (Lipinski definition) is 1. The molecule has 3 aromatic rings. The summed E-state index contributed by atoms with van der Waals surface area (Å²) in [7, 11) is 0. The van der Waals surface area contributed by atoms with Gasteiger partial charge in [-0.2, -0.15) is 5.10 Å². The first kappa shape index (κ1) is 21.0. The van der Waals surface area contributed by atoms with Crippen LogP contribution >= 0.6 is 15.9 Å². The number of nitrogens with zero attached hydrogens (tertiary/aromatic N) is 2. The average molecular weight is 454 g/mol. The van der Waals surface area contributed by atoms with Gasteiger partial charge >= 0.3 is 0 Å². The lowest BCUT2D eigenvalue weighted by Gasteiger charge is -2.10. The summed E-state index contributed by atoms with van der Waals surface area (Å²) in [5, 5.41) is 7.40. The molecule has 1 N–H and O–H groups in total. The van der Waals surface area contributed by atoms with E-state index in [4.69, 9.17) is 0 Å². The predicted molar refractivity (Wildman–Crippen MR) is 117 cm³/mol. The third-order valence-electron chi connectivity index (χ3n) is 4.86. The topological polar surface area (TPSA) is 64.0 Å². The summed E-state index contributed by atoms with van der Waals surface area (Å²) in [6.45, 7) is 7.15. The molecule has 29 heavy (non-hydrogen) atoms. The molecule has 0 aliphatic heterocycles. The maximum absolute atomic E-state index is 12.9. The lowest BCUT2D eigenvalue weighted by Crippen LogP contribution is -2.27. The number of halogens is 1. The van der Waals surface area contributed by atoms with Crippen LogP contribution in [-0.4, -0.2) is 28.0 Å². The Hall–Kier alpha value is -2.73. The Balaban J connectivity index is 1.64. The van der Waals surface area contributed by atoms with Crippen LogP contribution < -0.4 is 5.32 Å². The molecule has 1 amide bonds. The van der Waals surface area contributed by atoms with E-state index >= 15 is 0 Å². The van der Waals surface area contributed by atoms with Gasteiger partial charge in [-0.05, 0) is 49.2 Å². The van der Waals surface area contributed by atoms with Gasteiger partial charge in [0.1, 0.15) is 0 Å². The summed E-state index contributed by atoms with van der Waals surface area (Å²) in [6.07, 6.45) is 0.744. The van der Waals surface area contributed by atoms with Crippen LogP contribution in [0.5, 0.6) is 0 Å². The number of carbonyl (C=O) groups is 2. The van der Waals surface area contributed by atoms with Gasteiger partial charge in [0.2, 0.25) is 0 Å². The smallest absolute Gasteiger partial charge is 0.252 e. The van der Waals surface area contributed by atoms with Gasteiger partial charge in [0.25, 0.3) is 5.91 Å². The summed E-state index contributed by atoms with van der Waals surface area (Å²) >= 11 is 3.52. The molecule has 0 aliphatic carbocycles. The first-order chi connectivity index (χ1) is 13.9. The highest BCUT2D eigenvalue weighted by Gasteiger charge is 2.17. The van der Waals surface area contributed by atoms with Crippen molar-refractivity contribution in [2.75, 3.05) is 6.54 Å². The molecule has 6 heteroatoms. The summed E-state index contributed by atoms with van der Waals surface area (Å²) in [5.74, 6) is -0.390. The minimum atomic E-state index is -0.240. The van der Waals surface area contributed by atoms with E-state index < -0.39 is 0 Å². The van der Waals surface area contributed by atoms with Gasteiger partial charge in [-0.3, -0.25) is 14.3 Å². The fourth-order valence-corrected chi connectivity index (χ4v) is 3.44. The second-order valence-corrected chi connectivity index (χ2v) is 7.85. The predicted octanol–water partition coefficient (Wildman–Crippen LogP) is 4.62. The van der Waals surface area contributed by atoms with Gasteiger partial charge in [-0.1, -0.05) is 48.0 Å². The molecule has 3 rings (SSSR count). The quantitative estimate of drug-likeness (QED) is 0.419. The van der Waals surface area contributed by atoms with Crippen LogP contribution in [0.4, 0.5) is 0 Å². The standard InChI is InChI=1S/C23H24BrN3O2/c1-15-9-11-18(12-10-15)22(28)19-7-4-5-8-20(19)23(29)25-13-6-14-27-17(3)21(24)16(2)26-27/h4-5,7-12H,6,13-14H2,1-3H3,(H,25,29). The molecule has 0 atom stereocenters. The number of aromatic nitrogens is 2. The van der Waals surface area contributed by atoms with E-state index in [1.807, 2.05) is 37.6 Å². The molecule has 0 saturated heterocycles. The van der Waals surface area contributed by atoms with Gasteiger partial charge < -0.3 is 5.32 Å². The molecule has 0 unspecified atom stereocenters. The van der Waals surface area contributed by atoms with Crippen LogP contribution in [-0.2, 0) is 6.54 Å². The second kappa shape index (κ2) is 9.18. The molecule has 150 valence electrons. The van der Waals surface area contributed by atoms with Gasteiger partial charge in [0.05, 0.1) is 15.7 Å². The Labute approximate surface area is 179 Å². The van der Waals surface area contributed by atoms with Gasteiger partial charge in [-0.25, -0.2) is 0 Å². The molecule has 0 aliphatic rings. The normalized spacial score (nSPS) is 10.8. The Morgan fingerprint density at radius 2 is 1.66 bits per heavy atom. The molecule has 0 bridgehead atoms. The second-order valence-electron chi connectivity index (χ2n) is 7.06. The highest BCUT2D eigenvalue weighted by atomic mass is 79.9. The lowest BCUT2D eigenvalue weighted by atomic mass is 9.97. The van der Waals surface area contributed by atoms with Crippen molar-refractivity contribution in [3.63, 3.8) is 0 Å². The zero-order valence-electron chi connectivity index (χ0n) is 16.8. The summed E-state index contributed by atoms with van der Waals surface area (Å²) in [4.78, 5) is 25.6. The summed E-state index contributed by atoms with van der Waals surface area (Å²) in [5.41, 5.74) is 4.49. The number of ketones is 1. The zero-order valence-corrected chi connectivity index (χ0v) is 18.4. The van der Waals surface area contributed by atoms with Crippen molar-refractivity contribution in [2.24, 2.45) is 0 Å². The van der Waals surface area contributed by atoms with Crippen molar-refractivity contribution >= 4 is 27.6 Å². The molecule has 2 aromatic carbocycles. The highest BCUT2D eigenvalue weighted by molar-refractivity contribution is 9.10. The molecule has 1 heterocycles. The monoisotopic (exact) mass is 453 g/mol. The number of amides is 1. The number of rotatable bonds is 7. The SMILES string of the molecule is Cc1ccc(C(=O)c2ccccc2C(=O)NCCCn2nc(C)c(Br)c2C)cc1. The van der Waals surface area contributed by atoms with E-state index in [1.165, 1.54) is 0 Å². The third kappa shape index (κ3) is 4.82. The first-order valence-corrected chi connectivity index (χ1v) is 10.4. The molecule has 0 saturated carbocycles. The molecule has 0 fully saturated rings. The molecular formula is C23H24BrN3O2. The minimum Gasteiger partial charge on any atom is -0.352 e. The number of nitrogens with one attached hydrogen (secondary N) is 1. The molecule has 0 radical (unpaired) electrons. The van der Waals surface area contributed by atoms with Crippen molar-refractivity contribution in [2.45, 2.75) is 33.7 Å². The summed E-state index contributed by atoms with van der Waals surface area (Å²) < 4.78 is 2.95. The van der Waals surface area contributed by atoms with E-state index in [0.717, 1.165) is 27.8 Å². The number of benzene rings is 2. The van der Waals surface area contributed by atoms with Gasteiger partial charge in [-0.15, -0.1) is 0 Å². The lowest BCUT2D eigenvalue weighted by molar-refractivity contribution is 0.0941. The fourth-order valence-electron chi connectivity index (χ4n) is 3.16. The Bertz CT molecular complexity index is 1040. The van der Waals surface area contributed by atoms with Crippen LogP contribution in [0.25, 0.3) is 0 Å². The van der Waals surface area contributed by atoms with Crippen molar-refractivity contribution in [3.8, 4) is 0 Å². The van der Waals surface area contributed by atoms with Gasteiger partial charge in [0, 0.05) is 29.9 Å². The number of aryl methyl sites for hydroxylation is 3. The maximum atomic E-state index is 12.9. The Kier molecular flexibility index (Phi) is 6.64. The molecule has 0 spiro atoms. The third-order valence-corrected chi connectivity index (χ3v) is 6.00. The van der Waals surface area contributed by atoms with Crippen LogP contribution in [0.1, 0.15) is 49.7 Å². The molecule has 1 aromatic heterocycles. The minimum absolute atomic E-state index is 0.150. The largest absolute Gasteiger partial charge is 0.352 e. The van der Waals surface area contributed by atoms with E-state index in [9.17, 15) is 9.59 Å². The van der Waals surface area contributed by atoms with E-state index in [1.54, 1.807) is 36.4 Å². The summed E-state index contributed by atoms with van der Waals surface area (Å²) in [6, 6.07) is 14.3. The van der Waals surface area contributed by atoms with E-state index in [0.29, 0.717) is 29.8 Å². The van der Waals surface area contributed by atoms with Crippen molar-refractivity contribution < 1.29 is 9.59 Å². The van der Waals surface area contributed by atoms with Crippen LogP contribution in [0.15, 0.2) is 53.0 Å². The maximum Gasteiger partial charge on any atom is 0.252 e. The van der Waals surface area contributed by atoms with Crippen molar-refractivity contribution in [1.29, 1.82) is 0 Å². The highest BCUT2D eigenvalue weighted by Crippen LogP contribution is 2.20. The van der Waals surface area contributed by atoms with E-state index in [-0.39, 0.29) is 11.7 Å². The first-order valence-electron chi connectivity index (χ1n) is 9.56. The molecular weight excluding hydrogens is 430 g/mol. The fraction of sp³-hybridized carbons (Fsp3) is 0.261. The van der Waals surface area contributed by atoms with Crippen molar-refractivity contribution in [3.05, 3.63) is 86.6 Å². The van der Waals surface area contributed by atoms with Crippen LogP contribution in [0.3, 0.4) is 0 Å². The Morgan fingerprint density at radius 1 is 1.00 bits per heavy atom. The zero-order chi connectivity index (χ0) is 21.0. The van der Waals surface area contributed by atoms with Crippen molar-refractivity contribution in [1.82, 2.24) is 15.1 Å². The number of hydrogen-bond acceptors (Lipinski definition) is 3. The van der Waals surface area contributed by atoms with Crippen LogP contribution in [0.2, 0.25) is 0 Å². The van der Waals surface area contributed by atoms with Crippen LogP contribution in [0, 0.1) is 20.8 Å². The van der Waals surface area contributed by atoms with Gasteiger partial charge in [0.15, 0.2) is 5.78 Å².